The maximum atomic E-state index is 12.4. The summed E-state index contributed by atoms with van der Waals surface area (Å²) in [5, 5.41) is 3.78. The standard InChI is InChI=1S/C18H32N2O/c1-13(2)18(21)20-11-16(8-14-6-7-14)9-17(12-20)19-10-15-4-3-5-15/h13-17,19H,3-12H2,1-2H3. The topological polar surface area (TPSA) is 32.3 Å². The van der Waals surface area contributed by atoms with Crippen LogP contribution in [0.3, 0.4) is 0 Å². The number of rotatable bonds is 6. The molecule has 0 bridgehead atoms. The van der Waals surface area contributed by atoms with Crippen molar-refractivity contribution in [3.8, 4) is 0 Å². The van der Waals surface area contributed by atoms with Crippen LogP contribution in [0.5, 0.6) is 0 Å². The number of hydrogen-bond donors (Lipinski definition) is 1. The molecule has 1 heterocycles. The fraction of sp³-hybridized carbons (Fsp3) is 0.944. The van der Waals surface area contributed by atoms with Gasteiger partial charge in [0.2, 0.25) is 5.91 Å². The first-order chi connectivity index (χ1) is 10.1. The van der Waals surface area contributed by atoms with Gasteiger partial charge in [-0.2, -0.15) is 0 Å². The van der Waals surface area contributed by atoms with Crippen molar-refractivity contribution in [2.45, 2.75) is 64.8 Å². The van der Waals surface area contributed by atoms with Crippen LogP contribution in [0.2, 0.25) is 0 Å². The van der Waals surface area contributed by atoms with Crippen molar-refractivity contribution in [2.24, 2.45) is 23.7 Å². The van der Waals surface area contributed by atoms with E-state index >= 15 is 0 Å². The minimum atomic E-state index is 0.136. The molecule has 1 amide bonds. The molecule has 3 nitrogen and oxygen atoms in total. The van der Waals surface area contributed by atoms with Gasteiger partial charge in [-0.25, -0.2) is 0 Å². The smallest absolute Gasteiger partial charge is 0.225 e. The molecule has 3 heteroatoms. The lowest BCUT2D eigenvalue weighted by Gasteiger charge is -2.40. The van der Waals surface area contributed by atoms with Crippen LogP contribution in [0, 0.1) is 23.7 Å². The van der Waals surface area contributed by atoms with Gasteiger partial charge >= 0.3 is 0 Å². The molecule has 3 rings (SSSR count). The average Bonchev–Trinajstić information content (AvgIpc) is 3.19. The molecule has 2 saturated carbocycles. The minimum Gasteiger partial charge on any atom is -0.341 e. The van der Waals surface area contributed by atoms with E-state index in [1.54, 1.807) is 0 Å². The largest absolute Gasteiger partial charge is 0.341 e. The van der Waals surface area contributed by atoms with Crippen LogP contribution in [0.25, 0.3) is 0 Å². The zero-order chi connectivity index (χ0) is 14.8. The highest BCUT2D eigenvalue weighted by Gasteiger charge is 2.34. The molecule has 2 atom stereocenters. The van der Waals surface area contributed by atoms with Crippen molar-refractivity contribution in [1.82, 2.24) is 10.2 Å². The van der Waals surface area contributed by atoms with Gasteiger partial charge in [0, 0.05) is 25.0 Å². The van der Waals surface area contributed by atoms with E-state index in [-0.39, 0.29) is 5.92 Å². The molecule has 3 aliphatic rings. The van der Waals surface area contributed by atoms with E-state index < -0.39 is 0 Å². The van der Waals surface area contributed by atoms with Gasteiger partial charge in [-0.15, -0.1) is 0 Å². The van der Waals surface area contributed by atoms with E-state index in [0.29, 0.717) is 11.9 Å². The first-order valence-electron chi connectivity index (χ1n) is 9.14. The van der Waals surface area contributed by atoms with Gasteiger partial charge in [-0.3, -0.25) is 4.79 Å². The Morgan fingerprint density at radius 1 is 1.10 bits per heavy atom. The van der Waals surface area contributed by atoms with Gasteiger partial charge in [-0.05, 0) is 50.0 Å². The summed E-state index contributed by atoms with van der Waals surface area (Å²) in [4.78, 5) is 14.5. The number of piperidine rings is 1. The maximum absolute atomic E-state index is 12.4. The highest BCUT2D eigenvalue weighted by atomic mass is 16.2. The predicted octanol–water partition coefficient (Wildman–Crippen LogP) is 3.05. The molecule has 1 N–H and O–H groups in total. The summed E-state index contributed by atoms with van der Waals surface area (Å²) in [5.74, 6) is 3.09. The third-order valence-electron chi connectivity index (χ3n) is 5.63. The van der Waals surface area contributed by atoms with Crippen molar-refractivity contribution in [3.05, 3.63) is 0 Å². The van der Waals surface area contributed by atoms with Gasteiger partial charge in [0.1, 0.15) is 0 Å². The predicted molar refractivity (Wildman–Crippen MR) is 86.0 cm³/mol. The zero-order valence-electron chi connectivity index (χ0n) is 13.8. The van der Waals surface area contributed by atoms with Crippen molar-refractivity contribution in [3.63, 3.8) is 0 Å². The number of carbonyl (C=O) groups is 1. The zero-order valence-corrected chi connectivity index (χ0v) is 13.8. The second-order valence-electron chi connectivity index (χ2n) is 8.08. The number of amides is 1. The van der Waals surface area contributed by atoms with Crippen LogP contribution in [0.1, 0.15) is 58.8 Å². The van der Waals surface area contributed by atoms with Crippen LogP contribution in [-0.2, 0) is 4.79 Å². The molecule has 0 aromatic rings. The van der Waals surface area contributed by atoms with Crippen molar-refractivity contribution >= 4 is 5.91 Å². The second kappa shape index (κ2) is 6.68. The molecular weight excluding hydrogens is 260 g/mol. The summed E-state index contributed by atoms with van der Waals surface area (Å²) in [6.07, 6.45) is 9.71. The maximum Gasteiger partial charge on any atom is 0.225 e. The highest BCUT2D eigenvalue weighted by Crippen LogP contribution is 2.38. The Labute approximate surface area is 129 Å². The molecule has 1 aliphatic heterocycles. The van der Waals surface area contributed by atoms with Gasteiger partial charge in [0.15, 0.2) is 0 Å². The lowest BCUT2D eigenvalue weighted by molar-refractivity contribution is -0.137. The van der Waals surface area contributed by atoms with Crippen molar-refractivity contribution in [1.29, 1.82) is 0 Å². The molecule has 3 fully saturated rings. The number of nitrogens with one attached hydrogen (secondary N) is 1. The van der Waals surface area contributed by atoms with Crippen LogP contribution < -0.4 is 5.32 Å². The summed E-state index contributed by atoms with van der Waals surface area (Å²) >= 11 is 0. The van der Waals surface area contributed by atoms with Gasteiger partial charge in [-0.1, -0.05) is 33.1 Å². The molecule has 0 aromatic carbocycles. The molecule has 120 valence electrons. The fourth-order valence-electron chi connectivity index (χ4n) is 3.92. The van der Waals surface area contributed by atoms with Crippen LogP contribution in [0.4, 0.5) is 0 Å². The van der Waals surface area contributed by atoms with E-state index in [9.17, 15) is 4.79 Å². The molecular formula is C18H32N2O. The molecule has 2 aliphatic carbocycles. The number of hydrogen-bond acceptors (Lipinski definition) is 2. The molecule has 0 radical (unpaired) electrons. The third-order valence-corrected chi connectivity index (χ3v) is 5.63. The Hall–Kier alpha value is -0.570. The lowest BCUT2D eigenvalue weighted by atomic mass is 9.84. The van der Waals surface area contributed by atoms with Crippen LogP contribution in [-0.4, -0.2) is 36.5 Å². The lowest BCUT2D eigenvalue weighted by Crippen LogP contribution is -2.53. The Kier molecular flexibility index (Phi) is 4.88. The summed E-state index contributed by atoms with van der Waals surface area (Å²) in [6.45, 7) is 7.18. The third kappa shape index (κ3) is 4.21. The van der Waals surface area contributed by atoms with E-state index in [2.05, 4.69) is 10.2 Å². The minimum absolute atomic E-state index is 0.136. The number of nitrogens with zero attached hydrogens (tertiary/aromatic N) is 1. The summed E-state index contributed by atoms with van der Waals surface area (Å²) < 4.78 is 0. The van der Waals surface area contributed by atoms with Crippen LogP contribution >= 0.6 is 0 Å². The van der Waals surface area contributed by atoms with E-state index in [4.69, 9.17) is 0 Å². The fourth-order valence-corrected chi connectivity index (χ4v) is 3.92. The Morgan fingerprint density at radius 3 is 2.43 bits per heavy atom. The molecule has 21 heavy (non-hydrogen) atoms. The summed E-state index contributed by atoms with van der Waals surface area (Å²) in [6, 6.07) is 0.533. The molecule has 2 unspecified atom stereocenters. The van der Waals surface area contributed by atoms with Gasteiger partial charge in [0.25, 0.3) is 0 Å². The number of carbonyl (C=O) groups excluding carboxylic acids is 1. The Morgan fingerprint density at radius 2 is 1.86 bits per heavy atom. The molecule has 0 aromatic heterocycles. The second-order valence-corrected chi connectivity index (χ2v) is 8.08. The first-order valence-corrected chi connectivity index (χ1v) is 9.14. The van der Waals surface area contributed by atoms with Crippen molar-refractivity contribution < 1.29 is 4.79 Å². The molecule has 0 spiro atoms. The van der Waals surface area contributed by atoms with Crippen molar-refractivity contribution in [2.75, 3.05) is 19.6 Å². The average molecular weight is 292 g/mol. The number of likely N-dealkylation sites (tertiary alicyclic amines) is 1. The highest BCUT2D eigenvalue weighted by molar-refractivity contribution is 5.78. The van der Waals surface area contributed by atoms with Gasteiger partial charge < -0.3 is 10.2 Å². The first kappa shape index (κ1) is 15.3. The van der Waals surface area contributed by atoms with E-state index in [1.165, 1.54) is 51.5 Å². The molecule has 1 saturated heterocycles. The van der Waals surface area contributed by atoms with E-state index in [1.807, 2.05) is 13.8 Å². The van der Waals surface area contributed by atoms with E-state index in [0.717, 1.165) is 30.8 Å². The monoisotopic (exact) mass is 292 g/mol. The Bertz CT molecular complexity index is 360. The summed E-state index contributed by atoms with van der Waals surface area (Å²) in [5.41, 5.74) is 0. The van der Waals surface area contributed by atoms with Gasteiger partial charge in [0.05, 0.1) is 0 Å². The quantitative estimate of drug-likeness (QED) is 0.816. The van der Waals surface area contributed by atoms with Crippen LogP contribution in [0.15, 0.2) is 0 Å². The summed E-state index contributed by atoms with van der Waals surface area (Å²) in [7, 11) is 0. The SMILES string of the molecule is CC(C)C(=O)N1CC(CC2CC2)CC(NCC2CCC2)C1. The Balaban J connectivity index is 1.54. The normalized spacial score (nSPS) is 30.5.